The molecule has 0 aromatic heterocycles. The van der Waals surface area contributed by atoms with Crippen molar-refractivity contribution in [1.82, 2.24) is 10.6 Å². The summed E-state index contributed by atoms with van der Waals surface area (Å²) in [6.45, 7) is 9.21. The molecule has 2 rings (SSSR count). The molecule has 7 heteroatoms. The van der Waals surface area contributed by atoms with Gasteiger partial charge in [0.25, 0.3) is 0 Å². The molecule has 0 saturated carbocycles. The number of benzene rings is 2. The fourth-order valence-corrected chi connectivity index (χ4v) is 4.25. The van der Waals surface area contributed by atoms with Gasteiger partial charge in [-0.2, -0.15) is 0 Å². The number of hydrogen-bond donors (Lipinski definition) is 6. The number of nitrogens with one attached hydrogen (secondary N) is 2. The molecule has 0 radical (unpaired) electrons. The van der Waals surface area contributed by atoms with Crippen LogP contribution in [0.25, 0.3) is 11.1 Å². The second-order valence-electron chi connectivity index (χ2n) is 10.0. The molecule has 0 aliphatic rings. The molecule has 2 aromatic rings. The van der Waals surface area contributed by atoms with E-state index in [9.17, 15) is 0 Å². The van der Waals surface area contributed by atoms with Crippen molar-refractivity contribution in [3.63, 3.8) is 0 Å². The Balaban J connectivity index is 2.10. The smallest absolute Gasteiger partial charge is 0.119 e. The summed E-state index contributed by atoms with van der Waals surface area (Å²) in [5.74, 6) is 0.887. The maximum absolute atomic E-state index is 6.51. The first-order valence-electron chi connectivity index (χ1n) is 13.6. The van der Waals surface area contributed by atoms with E-state index in [1.807, 2.05) is 26.0 Å². The van der Waals surface area contributed by atoms with E-state index in [0.29, 0.717) is 13.1 Å². The van der Waals surface area contributed by atoms with Crippen LogP contribution in [0.4, 0.5) is 0 Å². The Bertz CT molecular complexity index is 802. The minimum atomic E-state index is 0.0979. The van der Waals surface area contributed by atoms with Crippen molar-refractivity contribution in [3.05, 3.63) is 53.6 Å². The molecule has 0 amide bonds. The molecular weight excluding hydrogens is 448 g/mol. The third-order valence-electron chi connectivity index (χ3n) is 6.11. The predicted molar refractivity (Wildman–Crippen MR) is 153 cm³/mol. The average Bonchev–Trinajstić information content (AvgIpc) is 2.83. The Morgan fingerprint density at radius 2 is 1.19 bits per heavy atom. The van der Waals surface area contributed by atoms with E-state index >= 15 is 0 Å². The van der Waals surface area contributed by atoms with Gasteiger partial charge in [-0.05, 0) is 126 Å². The summed E-state index contributed by atoms with van der Waals surface area (Å²) < 4.78 is 5.82. The van der Waals surface area contributed by atoms with Gasteiger partial charge in [0.1, 0.15) is 5.75 Å². The molecule has 0 aliphatic carbocycles. The summed E-state index contributed by atoms with van der Waals surface area (Å²) in [6, 6.07) is 15.3. The lowest BCUT2D eigenvalue weighted by molar-refractivity contribution is 0.242. The van der Waals surface area contributed by atoms with E-state index in [4.69, 9.17) is 27.7 Å². The highest BCUT2D eigenvalue weighted by Crippen LogP contribution is 2.26. The van der Waals surface area contributed by atoms with Crippen molar-refractivity contribution < 1.29 is 4.74 Å². The summed E-state index contributed by atoms with van der Waals surface area (Å²) >= 11 is 0. The van der Waals surface area contributed by atoms with Gasteiger partial charge in [0.15, 0.2) is 0 Å². The van der Waals surface area contributed by atoms with Crippen LogP contribution in [0, 0.1) is 0 Å². The van der Waals surface area contributed by atoms with Crippen LogP contribution in [0.3, 0.4) is 0 Å². The van der Waals surface area contributed by atoms with E-state index in [1.54, 1.807) is 0 Å². The molecule has 202 valence electrons. The first kappa shape index (κ1) is 30.2. The predicted octanol–water partition coefficient (Wildman–Crippen LogP) is 2.54. The molecule has 36 heavy (non-hydrogen) atoms. The molecule has 0 spiro atoms. The van der Waals surface area contributed by atoms with Crippen molar-refractivity contribution >= 4 is 0 Å². The number of nitrogens with two attached hydrogens (primary N) is 4. The van der Waals surface area contributed by atoms with Crippen molar-refractivity contribution in [2.24, 2.45) is 22.9 Å². The Morgan fingerprint density at radius 3 is 1.64 bits per heavy atom. The zero-order chi connectivity index (χ0) is 26.2. The zero-order valence-electron chi connectivity index (χ0n) is 22.5. The van der Waals surface area contributed by atoms with Crippen LogP contribution in [0.2, 0.25) is 0 Å². The Kier molecular flexibility index (Phi) is 14.7. The quantitative estimate of drug-likeness (QED) is 0.164. The van der Waals surface area contributed by atoms with Gasteiger partial charge in [0.2, 0.25) is 0 Å². The van der Waals surface area contributed by atoms with Crippen molar-refractivity contribution in [1.29, 1.82) is 0 Å². The van der Waals surface area contributed by atoms with Gasteiger partial charge in [-0.25, -0.2) is 0 Å². The second-order valence-corrected chi connectivity index (χ2v) is 10.0. The molecule has 2 atom stereocenters. The van der Waals surface area contributed by atoms with Crippen molar-refractivity contribution in [2.45, 2.75) is 70.6 Å². The highest BCUT2D eigenvalue weighted by Gasteiger charge is 2.11. The molecule has 0 heterocycles. The molecule has 0 saturated heterocycles. The number of ether oxygens (including phenoxy) is 1. The van der Waals surface area contributed by atoms with Gasteiger partial charge in [-0.15, -0.1) is 0 Å². The van der Waals surface area contributed by atoms with Crippen LogP contribution in [0.5, 0.6) is 5.75 Å². The van der Waals surface area contributed by atoms with Gasteiger partial charge in [-0.3, -0.25) is 0 Å². The van der Waals surface area contributed by atoms with E-state index in [2.05, 4.69) is 41.0 Å². The molecule has 7 nitrogen and oxygen atoms in total. The standard InChI is InChI=1S/C29H50N6O/c1-22(2)36-29-7-5-25(6-8-29)26-18-23(20-27(32)9-15-34-13-3-11-30)17-24(19-26)21-28(33)10-16-35-14-4-12-31/h5-8,17-19,22,27-28,34-35H,3-4,9-16,20-21,30-33H2,1-2H3. The number of hydrogen-bond acceptors (Lipinski definition) is 7. The van der Waals surface area contributed by atoms with Crippen molar-refractivity contribution in [2.75, 3.05) is 39.3 Å². The SMILES string of the molecule is CC(C)Oc1ccc(-c2cc(CC(N)CCNCCCN)cc(CC(N)CCNCCCN)c2)cc1. The zero-order valence-corrected chi connectivity index (χ0v) is 22.5. The lowest BCUT2D eigenvalue weighted by atomic mass is 9.93. The lowest BCUT2D eigenvalue weighted by Crippen LogP contribution is -2.30. The first-order valence-corrected chi connectivity index (χ1v) is 13.6. The fourth-order valence-electron chi connectivity index (χ4n) is 4.25. The molecule has 0 fully saturated rings. The summed E-state index contributed by atoms with van der Waals surface area (Å²) in [4.78, 5) is 0. The van der Waals surface area contributed by atoms with Gasteiger partial charge in [-0.1, -0.05) is 30.3 Å². The maximum atomic E-state index is 6.51. The Labute approximate surface area is 218 Å². The largest absolute Gasteiger partial charge is 0.491 e. The number of rotatable bonds is 19. The van der Waals surface area contributed by atoms with Crippen LogP contribution in [-0.2, 0) is 12.8 Å². The average molecular weight is 499 g/mol. The second kappa shape index (κ2) is 17.5. The van der Waals surface area contributed by atoms with E-state index in [0.717, 1.165) is 70.5 Å². The monoisotopic (exact) mass is 498 g/mol. The topological polar surface area (TPSA) is 137 Å². The summed E-state index contributed by atoms with van der Waals surface area (Å²) in [5.41, 5.74) is 29.0. The molecule has 0 bridgehead atoms. The van der Waals surface area contributed by atoms with Crippen LogP contribution >= 0.6 is 0 Å². The third kappa shape index (κ3) is 12.3. The molecule has 2 unspecified atom stereocenters. The van der Waals surface area contributed by atoms with Gasteiger partial charge in [0, 0.05) is 12.1 Å². The molecule has 2 aromatic carbocycles. The van der Waals surface area contributed by atoms with Gasteiger partial charge < -0.3 is 38.3 Å². The van der Waals surface area contributed by atoms with Crippen LogP contribution in [0.15, 0.2) is 42.5 Å². The van der Waals surface area contributed by atoms with Crippen LogP contribution in [-0.4, -0.2) is 57.5 Å². The normalized spacial score (nSPS) is 13.2. The molecule has 0 aliphatic heterocycles. The first-order chi connectivity index (χ1) is 17.4. The van der Waals surface area contributed by atoms with Crippen molar-refractivity contribution in [3.8, 4) is 16.9 Å². The molecule has 10 N–H and O–H groups in total. The lowest BCUT2D eigenvalue weighted by Gasteiger charge is -2.17. The van der Waals surface area contributed by atoms with Gasteiger partial charge >= 0.3 is 0 Å². The van der Waals surface area contributed by atoms with Crippen LogP contribution < -0.4 is 38.3 Å². The Hall–Kier alpha value is -2.00. The highest BCUT2D eigenvalue weighted by atomic mass is 16.5. The fraction of sp³-hybridized carbons (Fsp3) is 0.586. The van der Waals surface area contributed by atoms with Gasteiger partial charge in [0.05, 0.1) is 6.10 Å². The van der Waals surface area contributed by atoms with E-state index in [1.165, 1.54) is 22.3 Å². The summed E-state index contributed by atoms with van der Waals surface area (Å²) in [6.07, 6.45) is 5.67. The minimum absolute atomic E-state index is 0.0979. The van der Waals surface area contributed by atoms with E-state index in [-0.39, 0.29) is 18.2 Å². The maximum Gasteiger partial charge on any atom is 0.119 e. The Morgan fingerprint density at radius 1 is 0.694 bits per heavy atom. The summed E-state index contributed by atoms with van der Waals surface area (Å²) in [7, 11) is 0. The minimum Gasteiger partial charge on any atom is -0.491 e. The highest BCUT2D eigenvalue weighted by molar-refractivity contribution is 5.66. The van der Waals surface area contributed by atoms with Crippen LogP contribution in [0.1, 0.15) is 50.7 Å². The summed E-state index contributed by atoms with van der Waals surface area (Å²) in [5, 5.41) is 6.85. The van der Waals surface area contributed by atoms with E-state index < -0.39 is 0 Å². The molecular formula is C29H50N6O. The third-order valence-corrected chi connectivity index (χ3v) is 6.11.